The molecule has 0 saturated heterocycles. The minimum atomic E-state index is -9.39. The van der Waals surface area contributed by atoms with Crippen molar-refractivity contribution in [3.05, 3.63) is 11.7 Å². The molecule has 0 unspecified atom stereocenters. The molecular formula is C13HF23O2. The molecule has 0 aliphatic rings. The van der Waals surface area contributed by atoms with Gasteiger partial charge in [-0.25, -0.2) is 9.18 Å². The highest BCUT2D eigenvalue weighted by molar-refractivity contribution is 5.77. The van der Waals surface area contributed by atoms with Crippen molar-refractivity contribution in [1.82, 2.24) is 0 Å². The van der Waals surface area contributed by atoms with E-state index < -0.39 is 77.1 Å². The largest absolute Gasteiger partial charge is 0.477 e. The quantitative estimate of drug-likeness (QED) is 0.255. The van der Waals surface area contributed by atoms with Crippen LogP contribution in [-0.4, -0.2) is 70.6 Å². The van der Waals surface area contributed by atoms with E-state index in [0.717, 1.165) is 0 Å². The lowest BCUT2D eigenvalue weighted by Crippen LogP contribution is -2.76. The molecule has 0 aliphatic heterocycles. The number of halogens is 23. The molecule has 0 aromatic rings. The van der Waals surface area contributed by atoms with Crippen LogP contribution < -0.4 is 0 Å². The number of allylic oxidation sites excluding steroid dienone is 2. The van der Waals surface area contributed by atoms with Gasteiger partial charge in [-0.2, -0.15) is 96.6 Å². The van der Waals surface area contributed by atoms with E-state index in [0.29, 0.717) is 0 Å². The maximum absolute atomic E-state index is 13.4. The first-order chi connectivity index (χ1) is 16.0. The molecule has 0 heterocycles. The van der Waals surface area contributed by atoms with Crippen molar-refractivity contribution in [2.75, 3.05) is 0 Å². The van der Waals surface area contributed by atoms with E-state index in [9.17, 15) is 106 Å². The van der Waals surface area contributed by atoms with Crippen LogP contribution in [0.25, 0.3) is 0 Å². The second-order valence-corrected chi connectivity index (χ2v) is 6.60. The summed E-state index contributed by atoms with van der Waals surface area (Å²) in [5, 5.41) is 7.65. The second-order valence-electron chi connectivity index (χ2n) is 6.60. The predicted molar refractivity (Wildman–Crippen MR) is 67.5 cm³/mol. The summed E-state index contributed by atoms with van der Waals surface area (Å²) in [6.45, 7) is 0. The highest BCUT2D eigenvalue weighted by Crippen LogP contribution is 2.65. The zero-order valence-electron chi connectivity index (χ0n) is 16.0. The van der Waals surface area contributed by atoms with Crippen molar-refractivity contribution in [1.29, 1.82) is 0 Å². The van der Waals surface area contributed by atoms with E-state index in [1.54, 1.807) is 0 Å². The van der Waals surface area contributed by atoms with Crippen molar-refractivity contribution < 1.29 is 111 Å². The summed E-state index contributed by atoms with van der Waals surface area (Å²) >= 11 is 0. The van der Waals surface area contributed by atoms with Crippen LogP contribution in [0.2, 0.25) is 0 Å². The first kappa shape index (κ1) is 35.6. The van der Waals surface area contributed by atoms with Crippen molar-refractivity contribution in [3.63, 3.8) is 0 Å². The van der Waals surface area contributed by atoms with E-state index in [2.05, 4.69) is 0 Å². The first-order valence-corrected chi connectivity index (χ1v) is 7.77. The lowest BCUT2D eigenvalue weighted by Gasteiger charge is -2.43. The Morgan fingerprint density at radius 2 is 0.579 bits per heavy atom. The van der Waals surface area contributed by atoms with E-state index >= 15 is 0 Å². The zero-order chi connectivity index (χ0) is 31.7. The average molecular weight is 626 g/mol. The Hall–Kier alpha value is -2.40. The number of alkyl halides is 21. The molecule has 1 N–H and O–H groups in total. The maximum atomic E-state index is 13.4. The molecule has 0 spiro atoms. The van der Waals surface area contributed by atoms with Gasteiger partial charge >= 0.3 is 65.4 Å². The Bertz CT molecular complexity index is 953. The average Bonchev–Trinajstić information content (AvgIpc) is 2.70. The summed E-state index contributed by atoms with van der Waals surface area (Å²) in [6.07, 6.45) is -7.18. The molecule has 0 bridgehead atoms. The smallest absolute Gasteiger partial charge is 0.445 e. The number of carboxylic acids is 1. The molecule has 2 nitrogen and oxygen atoms in total. The van der Waals surface area contributed by atoms with Gasteiger partial charge in [0.1, 0.15) is 0 Å². The number of hydrogen-bond acceptors (Lipinski definition) is 1. The molecule has 0 aromatic carbocycles. The maximum Gasteiger partial charge on any atom is 0.445 e. The molecule has 0 saturated carbocycles. The normalized spacial score (nSPS) is 16.9. The van der Waals surface area contributed by atoms with Gasteiger partial charge in [0, 0.05) is 0 Å². The van der Waals surface area contributed by atoms with Gasteiger partial charge in [-0.1, -0.05) is 0 Å². The fourth-order valence-corrected chi connectivity index (χ4v) is 1.91. The van der Waals surface area contributed by atoms with Crippen LogP contribution in [0.3, 0.4) is 0 Å². The highest BCUT2D eigenvalue weighted by atomic mass is 19.4. The summed E-state index contributed by atoms with van der Waals surface area (Å²) in [4.78, 5) is 9.88. The monoisotopic (exact) mass is 626 g/mol. The van der Waals surface area contributed by atoms with Crippen molar-refractivity contribution >= 4 is 5.97 Å². The van der Waals surface area contributed by atoms with E-state index in [-0.39, 0.29) is 0 Å². The minimum absolute atomic E-state index is 4.60. The highest BCUT2D eigenvalue weighted by Gasteiger charge is 2.97. The van der Waals surface area contributed by atoms with Crippen LogP contribution in [0.15, 0.2) is 11.7 Å². The third-order valence-electron chi connectivity index (χ3n) is 4.14. The molecule has 0 fully saturated rings. The number of carbonyl (C=O) groups is 1. The fourth-order valence-electron chi connectivity index (χ4n) is 1.91. The fraction of sp³-hybridized carbons (Fsp3) is 0.769. The van der Waals surface area contributed by atoms with Gasteiger partial charge in [0.25, 0.3) is 0 Å². The van der Waals surface area contributed by atoms with E-state index in [4.69, 9.17) is 5.11 Å². The molecule has 0 rings (SSSR count). The van der Waals surface area contributed by atoms with Gasteiger partial charge in [-0.15, -0.1) is 0 Å². The standard InChI is InChI=1S/C13HF23O2/c14-1(2(15)6(20,21)22)4(16,17)7(23,24)9(27,28)11(31,32)13(35,36)12(33,34)10(29,30)8(25,26)5(18,19)3(37)38/h(H,37,38)/b2-1+. The SMILES string of the molecule is O=C(O)C(F)(F)C(F)(F)C(F)(F)C(F)(F)C(F)(F)C(F)(F)C(F)(F)C(F)(F)C(F)(F)/C(F)=C(\F)C(F)(F)F. The van der Waals surface area contributed by atoms with E-state index in [1.165, 1.54) is 0 Å². The summed E-state index contributed by atoms with van der Waals surface area (Å²) < 4.78 is 299. The van der Waals surface area contributed by atoms with Gasteiger partial charge in [-0.3, -0.25) is 0 Å². The van der Waals surface area contributed by atoms with Gasteiger partial charge in [-0.05, 0) is 0 Å². The minimum Gasteiger partial charge on any atom is -0.477 e. The van der Waals surface area contributed by atoms with Gasteiger partial charge < -0.3 is 5.11 Å². The van der Waals surface area contributed by atoms with E-state index in [1.807, 2.05) is 0 Å². The Labute approximate surface area is 189 Å². The Morgan fingerprint density at radius 1 is 0.368 bits per heavy atom. The van der Waals surface area contributed by atoms with Crippen molar-refractivity contribution in [3.8, 4) is 0 Å². The topological polar surface area (TPSA) is 37.3 Å². The summed E-state index contributed by atoms with van der Waals surface area (Å²) in [7, 11) is 0. The number of rotatable bonds is 10. The van der Waals surface area contributed by atoms with Gasteiger partial charge in [0.2, 0.25) is 11.7 Å². The Kier molecular flexibility index (Phi) is 8.25. The third kappa shape index (κ3) is 4.26. The lowest BCUT2D eigenvalue weighted by molar-refractivity contribution is -0.459. The second kappa shape index (κ2) is 8.81. The molecule has 25 heteroatoms. The summed E-state index contributed by atoms with van der Waals surface area (Å²) in [5.41, 5.74) is 0. The number of carboxylic acid groups (broad SMARTS) is 1. The van der Waals surface area contributed by atoms with Crippen molar-refractivity contribution in [2.24, 2.45) is 0 Å². The number of hydrogen-bond donors (Lipinski definition) is 1. The number of aliphatic carboxylic acids is 1. The lowest BCUT2D eigenvalue weighted by atomic mass is 9.86. The first-order valence-electron chi connectivity index (χ1n) is 7.77. The predicted octanol–water partition coefficient (Wildman–Crippen LogP) is 7.50. The Morgan fingerprint density at radius 3 is 0.789 bits per heavy atom. The molecule has 0 atom stereocenters. The van der Waals surface area contributed by atoms with Crippen LogP contribution in [-0.2, 0) is 4.79 Å². The molecule has 226 valence electrons. The molecule has 0 aliphatic carbocycles. The molecule has 38 heavy (non-hydrogen) atoms. The van der Waals surface area contributed by atoms with Crippen LogP contribution in [0.1, 0.15) is 0 Å². The van der Waals surface area contributed by atoms with Gasteiger partial charge in [0.05, 0.1) is 0 Å². The third-order valence-corrected chi connectivity index (χ3v) is 4.14. The van der Waals surface area contributed by atoms with Crippen LogP contribution in [0.4, 0.5) is 101 Å². The van der Waals surface area contributed by atoms with Crippen LogP contribution in [0, 0.1) is 0 Å². The Balaban J connectivity index is 7.27. The molecular weight excluding hydrogens is 625 g/mol. The summed E-state index contributed by atoms with van der Waals surface area (Å²) in [5.74, 6) is -95.1. The van der Waals surface area contributed by atoms with Crippen LogP contribution in [0.5, 0.6) is 0 Å². The molecule has 0 aromatic heterocycles. The zero-order valence-corrected chi connectivity index (χ0v) is 16.0. The van der Waals surface area contributed by atoms with Gasteiger partial charge in [0.15, 0.2) is 0 Å². The summed E-state index contributed by atoms with van der Waals surface area (Å²) in [6, 6.07) is 0. The van der Waals surface area contributed by atoms with Crippen LogP contribution >= 0.6 is 0 Å². The molecule has 0 amide bonds. The van der Waals surface area contributed by atoms with Crippen molar-refractivity contribution in [2.45, 2.75) is 59.5 Å². The molecule has 0 radical (unpaired) electrons.